The predicted octanol–water partition coefficient (Wildman–Crippen LogP) is 4.42. The van der Waals surface area contributed by atoms with Gasteiger partial charge in [-0.25, -0.2) is 14.8 Å². The molecular formula is C31H41N3O7. The summed E-state index contributed by atoms with van der Waals surface area (Å²) >= 11 is 0. The summed E-state index contributed by atoms with van der Waals surface area (Å²) in [7, 11) is 1.59. The minimum atomic E-state index is -1.10. The molecule has 10 heteroatoms. The van der Waals surface area contributed by atoms with Crippen LogP contribution in [-0.4, -0.2) is 69.7 Å². The topological polar surface area (TPSA) is 128 Å². The van der Waals surface area contributed by atoms with Crippen molar-refractivity contribution in [1.29, 1.82) is 0 Å². The third-order valence-corrected chi connectivity index (χ3v) is 8.85. The molecule has 3 heterocycles. The second-order valence-corrected chi connectivity index (χ2v) is 12.9. The number of fused-ring (bicyclic) bond motifs is 5. The van der Waals surface area contributed by atoms with Crippen molar-refractivity contribution in [1.82, 2.24) is 14.9 Å². The van der Waals surface area contributed by atoms with Crippen LogP contribution in [0.15, 0.2) is 18.2 Å². The number of ether oxygens (including phenoxy) is 3. The largest absolute Gasteiger partial charge is 0.497 e. The van der Waals surface area contributed by atoms with Crippen LogP contribution in [0.5, 0.6) is 11.6 Å². The van der Waals surface area contributed by atoms with Crippen molar-refractivity contribution >= 4 is 28.9 Å². The van der Waals surface area contributed by atoms with E-state index in [1.807, 2.05) is 32.9 Å². The van der Waals surface area contributed by atoms with E-state index in [9.17, 15) is 19.5 Å². The zero-order valence-corrected chi connectivity index (χ0v) is 24.6. The number of amides is 1. The van der Waals surface area contributed by atoms with Gasteiger partial charge in [0, 0.05) is 12.0 Å². The standard InChI is InChI=1S/C31H41N3O7/c1-17-25-16-34(27(17)30(37)38)29(36)20(31(2,3)4)15-26(35)40-24-13-18(24)9-7-6-8-10-22-28(41-25)33-23-14-19(39-5)11-12-21(23)32-22/h11-12,14,17-18,20,24-25,27H,6-10,13,15-16H2,1-5H3,(H,37,38)/t17-,18-,20-,24-,25+,27+/m1/s1. The second kappa shape index (κ2) is 11.4. The maximum absolute atomic E-state index is 14.0. The minimum Gasteiger partial charge on any atom is -0.497 e. The Kier molecular flexibility index (Phi) is 8.12. The first-order chi connectivity index (χ1) is 19.5. The molecule has 2 bridgehead atoms. The quantitative estimate of drug-likeness (QED) is 0.525. The first-order valence-electron chi connectivity index (χ1n) is 14.7. The lowest BCUT2D eigenvalue weighted by Crippen LogP contribution is -2.48. The van der Waals surface area contributed by atoms with E-state index < -0.39 is 41.3 Å². The van der Waals surface area contributed by atoms with Crippen molar-refractivity contribution in [2.45, 2.75) is 90.9 Å². The molecule has 5 rings (SSSR count). The highest BCUT2D eigenvalue weighted by Crippen LogP contribution is 2.41. The number of carboxylic acid groups (broad SMARTS) is 1. The van der Waals surface area contributed by atoms with E-state index in [2.05, 4.69) is 0 Å². The fraction of sp³-hybridized carbons (Fsp3) is 0.645. The maximum Gasteiger partial charge on any atom is 0.326 e. The van der Waals surface area contributed by atoms with E-state index in [0.717, 1.165) is 43.3 Å². The van der Waals surface area contributed by atoms with Gasteiger partial charge in [-0.15, -0.1) is 0 Å². The van der Waals surface area contributed by atoms with Crippen molar-refractivity contribution in [3.8, 4) is 11.6 Å². The molecule has 1 aliphatic carbocycles. The van der Waals surface area contributed by atoms with Gasteiger partial charge < -0.3 is 24.2 Å². The molecule has 1 saturated heterocycles. The molecule has 1 saturated carbocycles. The van der Waals surface area contributed by atoms with Crippen LogP contribution >= 0.6 is 0 Å². The van der Waals surface area contributed by atoms with Crippen LogP contribution < -0.4 is 9.47 Å². The smallest absolute Gasteiger partial charge is 0.326 e. The van der Waals surface area contributed by atoms with Gasteiger partial charge in [-0.3, -0.25) is 9.59 Å². The predicted molar refractivity (Wildman–Crippen MR) is 151 cm³/mol. The van der Waals surface area contributed by atoms with E-state index >= 15 is 0 Å². The molecule has 222 valence electrons. The molecule has 0 radical (unpaired) electrons. The number of aryl methyl sites for hydroxylation is 1. The molecule has 10 nitrogen and oxygen atoms in total. The van der Waals surface area contributed by atoms with Gasteiger partial charge in [0.25, 0.3) is 0 Å². The Labute approximate surface area is 240 Å². The lowest BCUT2D eigenvalue weighted by atomic mass is 9.77. The number of aromatic nitrogens is 2. The van der Waals surface area contributed by atoms with Crippen LogP contribution in [0.4, 0.5) is 0 Å². The number of carboxylic acids is 1. The minimum absolute atomic E-state index is 0.0700. The number of hydrogen-bond acceptors (Lipinski definition) is 8. The Morgan fingerprint density at radius 3 is 2.56 bits per heavy atom. The zero-order valence-electron chi connectivity index (χ0n) is 24.6. The number of benzene rings is 1. The monoisotopic (exact) mass is 567 g/mol. The molecule has 0 spiro atoms. The van der Waals surface area contributed by atoms with Gasteiger partial charge in [0.1, 0.15) is 29.7 Å². The summed E-state index contributed by atoms with van der Waals surface area (Å²) in [6, 6.07) is 4.41. The number of hydrogen-bond donors (Lipinski definition) is 1. The van der Waals surface area contributed by atoms with Gasteiger partial charge in [0.05, 0.1) is 37.0 Å². The molecule has 6 atom stereocenters. The lowest BCUT2D eigenvalue weighted by Gasteiger charge is -2.34. The van der Waals surface area contributed by atoms with Crippen molar-refractivity contribution in [3.63, 3.8) is 0 Å². The van der Waals surface area contributed by atoms with Crippen molar-refractivity contribution < 1.29 is 33.7 Å². The number of nitrogens with zero attached hydrogens (tertiary/aromatic N) is 3. The molecule has 1 N–H and O–H groups in total. The Morgan fingerprint density at radius 1 is 1.07 bits per heavy atom. The molecule has 3 aliphatic rings. The van der Waals surface area contributed by atoms with Crippen LogP contribution in [-0.2, 0) is 25.5 Å². The first-order valence-corrected chi connectivity index (χ1v) is 14.7. The van der Waals surface area contributed by atoms with E-state index in [1.165, 1.54) is 4.90 Å². The summed E-state index contributed by atoms with van der Waals surface area (Å²) in [6.07, 6.45) is 4.60. The Bertz CT molecular complexity index is 1320. The molecule has 2 aliphatic heterocycles. The van der Waals surface area contributed by atoms with Crippen LogP contribution in [0.1, 0.15) is 71.9 Å². The van der Waals surface area contributed by atoms with Crippen LogP contribution in [0, 0.1) is 23.2 Å². The molecule has 1 aromatic heterocycles. The van der Waals surface area contributed by atoms with Gasteiger partial charge in [0.2, 0.25) is 11.8 Å². The lowest BCUT2D eigenvalue weighted by molar-refractivity contribution is -0.157. The van der Waals surface area contributed by atoms with Crippen molar-refractivity contribution in [2.24, 2.45) is 23.2 Å². The van der Waals surface area contributed by atoms with Gasteiger partial charge in [0.15, 0.2) is 0 Å². The summed E-state index contributed by atoms with van der Waals surface area (Å²) < 4.78 is 17.6. The van der Waals surface area contributed by atoms with Gasteiger partial charge in [-0.2, -0.15) is 0 Å². The van der Waals surface area contributed by atoms with Crippen molar-refractivity contribution in [2.75, 3.05) is 13.7 Å². The number of rotatable bonds is 2. The normalized spacial score (nSPS) is 29.4. The van der Waals surface area contributed by atoms with Crippen LogP contribution in [0.25, 0.3) is 11.0 Å². The average Bonchev–Trinajstić information content (AvgIpc) is 3.56. The van der Waals surface area contributed by atoms with E-state index in [-0.39, 0.29) is 25.0 Å². The van der Waals surface area contributed by atoms with E-state index in [0.29, 0.717) is 29.5 Å². The van der Waals surface area contributed by atoms with E-state index in [1.54, 1.807) is 20.1 Å². The number of esters is 1. The van der Waals surface area contributed by atoms with Crippen LogP contribution in [0.3, 0.4) is 0 Å². The number of carbonyl (C=O) groups excluding carboxylic acids is 2. The average molecular weight is 568 g/mol. The number of aliphatic carboxylic acids is 1. The number of carbonyl (C=O) groups is 3. The van der Waals surface area contributed by atoms with Gasteiger partial charge in [-0.1, -0.05) is 40.5 Å². The molecule has 2 fully saturated rings. The third-order valence-electron chi connectivity index (χ3n) is 8.85. The molecule has 41 heavy (non-hydrogen) atoms. The Balaban J connectivity index is 1.51. The molecule has 1 aromatic carbocycles. The fourth-order valence-corrected chi connectivity index (χ4v) is 6.16. The summed E-state index contributed by atoms with van der Waals surface area (Å²) in [4.78, 5) is 50.5. The Morgan fingerprint density at radius 2 is 1.85 bits per heavy atom. The third kappa shape index (κ3) is 6.26. The Hall–Kier alpha value is -3.43. The SMILES string of the molecule is COc1ccc2nc3c(nc2c1)O[C@H]1CN(C(=O)[C@H](C(C)(C)C)CC(=O)O[C@@H]2C[C@H]2CCCCC3)[C@H](C(=O)O)[C@@H]1C. The highest BCUT2D eigenvalue weighted by Gasteiger charge is 2.50. The molecular weight excluding hydrogens is 526 g/mol. The maximum atomic E-state index is 14.0. The highest BCUT2D eigenvalue weighted by atomic mass is 16.5. The molecule has 1 amide bonds. The van der Waals surface area contributed by atoms with Crippen LogP contribution in [0.2, 0.25) is 0 Å². The summed E-state index contributed by atoms with van der Waals surface area (Å²) in [5.41, 5.74) is 1.48. The fourth-order valence-electron chi connectivity index (χ4n) is 6.16. The molecule has 2 aromatic rings. The number of methoxy groups -OCH3 is 1. The highest BCUT2D eigenvalue weighted by molar-refractivity contribution is 5.89. The van der Waals surface area contributed by atoms with Gasteiger partial charge in [-0.05, 0) is 49.1 Å². The first kappa shape index (κ1) is 29.1. The zero-order chi connectivity index (χ0) is 29.5. The summed E-state index contributed by atoms with van der Waals surface area (Å²) in [5.74, 6) is -1.76. The second-order valence-electron chi connectivity index (χ2n) is 12.9. The summed E-state index contributed by atoms with van der Waals surface area (Å²) in [5, 5.41) is 10.2. The van der Waals surface area contributed by atoms with Crippen molar-refractivity contribution in [3.05, 3.63) is 23.9 Å². The molecule has 0 unspecified atom stereocenters. The van der Waals surface area contributed by atoms with Gasteiger partial charge >= 0.3 is 11.9 Å². The summed E-state index contributed by atoms with van der Waals surface area (Å²) in [6.45, 7) is 7.53. The van der Waals surface area contributed by atoms with E-state index in [4.69, 9.17) is 24.2 Å².